The van der Waals surface area contributed by atoms with E-state index in [4.69, 9.17) is 15.0 Å². The molecule has 0 saturated heterocycles. The molecule has 0 amide bonds. The number of benzene rings is 1. The number of ether oxygens (including phenoxy) is 1. The van der Waals surface area contributed by atoms with Crippen LogP contribution in [0.1, 0.15) is 25.1 Å². The van der Waals surface area contributed by atoms with Crippen molar-refractivity contribution in [3.8, 4) is 0 Å². The lowest BCUT2D eigenvalue weighted by Crippen LogP contribution is -2.37. The molecule has 0 aliphatic rings. The lowest BCUT2D eigenvalue weighted by Gasteiger charge is -2.22. The zero-order valence-electron chi connectivity index (χ0n) is 10.1. The van der Waals surface area contributed by atoms with Gasteiger partial charge in [-0.15, -0.1) is 0 Å². The summed E-state index contributed by atoms with van der Waals surface area (Å²) in [6.45, 7) is 2.06. The van der Waals surface area contributed by atoms with Crippen LogP contribution in [-0.4, -0.2) is 13.2 Å². The highest BCUT2D eigenvalue weighted by molar-refractivity contribution is 5.77. The standard InChI is InChI=1S/C13H18N2O2/c1-3-10(16-2)13(15-14)12-8-9-6-4-5-7-11(9)17-12/h4-8,10,13,15H,3,14H2,1-2H3. The molecule has 1 aromatic carbocycles. The van der Waals surface area contributed by atoms with Crippen LogP contribution in [0.2, 0.25) is 0 Å². The van der Waals surface area contributed by atoms with Crippen LogP contribution < -0.4 is 11.3 Å². The Morgan fingerprint density at radius 1 is 1.41 bits per heavy atom. The minimum atomic E-state index is -0.127. The van der Waals surface area contributed by atoms with Crippen LogP contribution in [0.3, 0.4) is 0 Å². The number of para-hydroxylation sites is 1. The van der Waals surface area contributed by atoms with E-state index in [1.54, 1.807) is 7.11 Å². The molecule has 2 aromatic rings. The largest absolute Gasteiger partial charge is 0.459 e. The second-order valence-corrected chi connectivity index (χ2v) is 4.01. The average Bonchev–Trinajstić information content (AvgIpc) is 2.78. The second-order valence-electron chi connectivity index (χ2n) is 4.01. The van der Waals surface area contributed by atoms with Crippen LogP contribution in [0, 0.1) is 0 Å². The number of hydrogen-bond acceptors (Lipinski definition) is 4. The van der Waals surface area contributed by atoms with Crippen molar-refractivity contribution in [2.75, 3.05) is 7.11 Å². The highest BCUT2D eigenvalue weighted by Gasteiger charge is 2.23. The Balaban J connectivity index is 2.36. The van der Waals surface area contributed by atoms with Crippen LogP contribution in [0.15, 0.2) is 34.7 Å². The van der Waals surface area contributed by atoms with Crippen molar-refractivity contribution in [3.05, 3.63) is 36.1 Å². The molecule has 0 fully saturated rings. The lowest BCUT2D eigenvalue weighted by atomic mass is 10.1. The Hall–Kier alpha value is -1.36. The lowest BCUT2D eigenvalue weighted by molar-refractivity contribution is 0.0585. The first-order chi connectivity index (χ1) is 8.30. The van der Waals surface area contributed by atoms with Gasteiger partial charge in [-0.1, -0.05) is 25.1 Å². The summed E-state index contributed by atoms with van der Waals surface area (Å²) >= 11 is 0. The molecule has 0 aliphatic carbocycles. The summed E-state index contributed by atoms with van der Waals surface area (Å²) < 4.78 is 11.2. The molecule has 4 nitrogen and oxygen atoms in total. The van der Waals surface area contributed by atoms with Gasteiger partial charge in [0.1, 0.15) is 17.4 Å². The zero-order chi connectivity index (χ0) is 12.3. The van der Waals surface area contributed by atoms with E-state index in [1.165, 1.54) is 0 Å². The maximum absolute atomic E-state index is 5.78. The molecule has 3 N–H and O–H groups in total. The summed E-state index contributed by atoms with van der Waals surface area (Å²) in [5.41, 5.74) is 3.63. The van der Waals surface area contributed by atoms with E-state index in [9.17, 15) is 0 Å². The summed E-state index contributed by atoms with van der Waals surface area (Å²) in [6, 6.07) is 9.78. The minimum Gasteiger partial charge on any atom is -0.459 e. The molecule has 2 atom stereocenters. The van der Waals surface area contributed by atoms with Crippen LogP contribution in [0.5, 0.6) is 0 Å². The van der Waals surface area contributed by atoms with Crippen molar-refractivity contribution in [1.29, 1.82) is 0 Å². The number of furan rings is 1. The summed E-state index contributed by atoms with van der Waals surface area (Å²) in [6.07, 6.45) is 0.864. The van der Waals surface area contributed by atoms with Crippen molar-refractivity contribution in [3.63, 3.8) is 0 Å². The number of nitrogens with one attached hydrogen (secondary N) is 1. The van der Waals surface area contributed by atoms with Gasteiger partial charge in [-0.3, -0.25) is 5.84 Å². The van der Waals surface area contributed by atoms with Gasteiger partial charge in [0.15, 0.2) is 0 Å². The molecule has 17 heavy (non-hydrogen) atoms. The fraction of sp³-hybridized carbons (Fsp3) is 0.385. The SMILES string of the molecule is CCC(OC)C(NN)c1cc2ccccc2o1. The molecular weight excluding hydrogens is 216 g/mol. The van der Waals surface area contributed by atoms with Gasteiger partial charge >= 0.3 is 0 Å². The van der Waals surface area contributed by atoms with Gasteiger partial charge in [-0.2, -0.15) is 0 Å². The van der Waals surface area contributed by atoms with Crippen molar-refractivity contribution < 1.29 is 9.15 Å². The highest BCUT2D eigenvalue weighted by atomic mass is 16.5. The van der Waals surface area contributed by atoms with Gasteiger partial charge in [0.25, 0.3) is 0 Å². The third-order valence-corrected chi connectivity index (χ3v) is 3.01. The van der Waals surface area contributed by atoms with Crippen LogP contribution in [0.4, 0.5) is 0 Å². The highest BCUT2D eigenvalue weighted by Crippen LogP contribution is 2.27. The Kier molecular flexibility index (Phi) is 3.78. The molecule has 0 spiro atoms. The molecule has 92 valence electrons. The van der Waals surface area contributed by atoms with Gasteiger partial charge in [-0.25, -0.2) is 5.43 Å². The fourth-order valence-electron chi connectivity index (χ4n) is 2.07. The maximum atomic E-state index is 5.78. The van der Waals surface area contributed by atoms with E-state index in [2.05, 4.69) is 12.3 Å². The van der Waals surface area contributed by atoms with Crippen LogP contribution in [-0.2, 0) is 4.74 Å². The first kappa shape index (κ1) is 12.1. The molecule has 4 heteroatoms. The quantitative estimate of drug-likeness (QED) is 0.616. The van der Waals surface area contributed by atoms with E-state index in [1.807, 2.05) is 30.3 Å². The molecule has 0 bridgehead atoms. The van der Waals surface area contributed by atoms with Crippen molar-refractivity contribution >= 4 is 11.0 Å². The van der Waals surface area contributed by atoms with Crippen molar-refractivity contribution in [1.82, 2.24) is 5.43 Å². The Bertz CT molecular complexity index is 444. The smallest absolute Gasteiger partial charge is 0.134 e. The van der Waals surface area contributed by atoms with E-state index in [0.29, 0.717) is 0 Å². The average molecular weight is 234 g/mol. The summed E-state index contributed by atoms with van der Waals surface area (Å²) in [5, 5.41) is 1.08. The molecule has 0 radical (unpaired) electrons. The van der Waals surface area contributed by atoms with Crippen molar-refractivity contribution in [2.24, 2.45) is 5.84 Å². The first-order valence-electron chi connectivity index (χ1n) is 5.77. The minimum absolute atomic E-state index is 0.000521. The molecule has 1 aromatic heterocycles. The summed E-state index contributed by atoms with van der Waals surface area (Å²) in [5.74, 6) is 6.40. The summed E-state index contributed by atoms with van der Waals surface area (Å²) in [7, 11) is 1.68. The molecular formula is C13H18N2O2. The molecule has 2 unspecified atom stereocenters. The maximum Gasteiger partial charge on any atom is 0.134 e. The van der Waals surface area contributed by atoms with Gasteiger partial charge in [0, 0.05) is 12.5 Å². The van der Waals surface area contributed by atoms with Gasteiger partial charge in [0.2, 0.25) is 0 Å². The van der Waals surface area contributed by atoms with Gasteiger partial charge in [-0.05, 0) is 18.6 Å². The van der Waals surface area contributed by atoms with Crippen molar-refractivity contribution in [2.45, 2.75) is 25.5 Å². The topological polar surface area (TPSA) is 60.4 Å². The van der Waals surface area contributed by atoms with Gasteiger partial charge in [0.05, 0.1) is 6.10 Å². The summed E-state index contributed by atoms with van der Waals surface area (Å²) in [4.78, 5) is 0. The third kappa shape index (κ3) is 2.34. The monoisotopic (exact) mass is 234 g/mol. The Morgan fingerprint density at radius 2 is 2.18 bits per heavy atom. The van der Waals surface area contributed by atoms with Crippen LogP contribution >= 0.6 is 0 Å². The van der Waals surface area contributed by atoms with E-state index >= 15 is 0 Å². The molecule has 0 aliphatic heterocycles. The normalized spacial score (nSPS) is 15.0. The first-order valence-corrected chi connectivity index (χ1v) is 5.77. The number of rotatable bonds is 5. The number of hydrazine groups is 1. The second kappa shape index (κ2) is 5.31. The Morgan fingerprint density at radius 3 is 2.76 bits per heavy atom. The molecule has 0 saturated carbocycles. The number of hydrogen-bond donors (Lipinski definition) is 2. The predicted molar refractivity (Wildman–Crippen MR) is 67.4 cm³/mol. The van der Waals surface area contributed by atoms with E-state index in [-0.39, 0.29) is 12.1 Å². The fourth-order valence-corrected chi connectivity index (χ4v) is 2.07. The number of methoxy groups -OCH3 is 1. The van der Waals surface area contributed by atoms with Crippen LogP contribution in [0.25, 0.3) is 11.0 Å². The molecule has 2 rings (SSSR count). The number of nitrogens with two attached hydrogens (primary N) is 1. The third-order valence-electron chi connectivity index (χ3n) is 3.01. The van der Waals surface area contributed by atoms with Gasteiger partial charge < -0.3 is 9.15 Å². The zero-order valence-corrected chi connectivity index (χ0v) is 10.1. The van der Waals surface area contributed by atoms with E-state index in [0.717, 1.165) is 23.2 Å². The Labute approximate surface area is 101 Å². The predicted octanol–water partition coefficient (Wildman–Crippen LogP) is 2.36. The molecule has 1 heterocycles. The van der Waals surface area contributed by atoms with E-state index < -0.39 is 0 Å². The number of fused-ring (bicyclic) bond motifs is 1.